The van der Waals surface area contributed by atoms with E-state index in [0.29, 0.717) is 48.3 Å². The molecule has 184 valence electrons. The first-order chi connectivity index (χ1) is 16.6. The Balaban J connectivity index is 1.64. The molecule has 10 heteroatoms. The maximum absolute atomic E-state index is 13.5. The van der Waals surface area contributed by atoms with Crippen LogP contribution in [-0.4, -0.2) is 52.6 Å². The van der Waals surface area contributed by atoms with E-state index < -0.39 is 11.2 Å². The minimum absolute atomic E-state index is 0.156. The highest BCUT2D eigenvalue weighted by Crippen LogP contribution is 2.30. The second kappa shape index (κ2) is 10.3. The van der Waals surface area contributed by atoms with Gasteiger partial charge in [-0.3, -0.25) is 4.79 Å². The summed E-state index contributed by atoms with van der Waals surface area (Å²) in [6, 6.07) is 14.1. The summed E-state index contributed by atoms with van der Waals surface area (Å²) in [5, 5.41) is 4.96. The van der Waals surface area contributed by atoms with Crippen LogP contribution >= 0.6 is 27.5 Å². The largest absolute Gasteiger partial charge is 0.449 e. The average molecular weight is 562 g/mol. The van der Waals surface area contributed by atoms with Gasteiger partial charge in [0.2, 0.25) is 5.75 Å². The van der Waals surface area contributed by atoms with Crippen molar-refractivity contribution in [3.05, 3.63) is 74.6 Å². The molecule has 35 heavy (non-hydrogen) atoms. The van der Waals surface area contributed by atoms with Crippen molar-refractivity contribution in [2.45, 2.75) is 26.4 Å². The molecule has 1 aliphatic heterocycles. The van der Waals surface area contributed by atoms with Crippen LogP contribution in [-0.2, 0) is 4.74 Å². The Morgan fingerprint density at radius 1 is 1.00 bits per heavy atom. The van der Waals surface area contributed by atoms with Crippen molar-refractivity contribution in [2.75, 3.05) is 31.1 Å². The van der Waals surface area contributed by atoms with Crippen LogP contribution in [0.25, 0.3) is 5.69 Å². The van der Waals surface area contributed by atoms with Gasteiger partial charge < -0.3 is 19.3 Å². The molecule has 2 heterocycles. The van der Waals surface area contributed by atoms with E-state index in [1.807, 2.05) is 37.8 Å². The number of hydrogen-bond donors (Lipinski definition) is 0. The van der Waals surface area contributed by atoms with Gasteiger partial charge in [-0.05, 0) is 69.3 Å². The smallest absolute Gasteiger partial charge is 0.410 e. The van der Waals surface area contributed by atoms with Gasteiger partial charge in [-0.2, -0.15) is 9.78 Å². The molecule has 3 aromatic rings. The van der Waals surface area contributed by atoms with E-state index >= 15 is 0 Å². The lowest BCUT2D eigenvalue weighted by Crippen LogP contribution is -2.50. The number of benzene rings is 2. The summed E-state index contributed by atoms with van der Waals surface area (Å²) < 4.78 is 13.8. The number of halogens is 2. The van der Waals surface area contributed by atoms with Gasteiger partial charge in [-0.25, -0.2) is 4.79 Å². The molecule has 4 rings (SSSR count). The fraction of sp³-hybridized carbons (Fsp3) is 0.320. The Morgan fingerprint density at radius 3 is 2.23 bits per heavy atom. The number of anilines is 1. The van der Waals surface area contributed by atoms with E-state index in [1.165, 1.54) is 4.68 Å². The first-order valence-corrected chi connectivity index (χ1v) is 12.3. The summed E-state index contributed by atoms with van der Waals surface area (Å²) in [6.07, 6.45) is 1.27. The standard InChI is InChI=1S/C25H26BrClN4O4/c1-25(2,3)35-24(33)30-14-12-29(13-15-30)21-16-28-31(19-8-6-18(27)7-9-19)23(32)22(21)34-20-10-4-17(26)5-11-20/h4-11,16H,12-15H2,1-3H3. The summed E-state index contributed by atoms with van der Waals surface area (Å²) in [5.74, 6) is 0.677. The molecule has 1 aliphatic rings. The summed E-state index contributed by atoms with van der Waals surface area (Å²) in [7, 11) is 0. The molecule has 0 saturated carbocycles. The number of nitrogens with zero attached hydrogens (tertiary/aromatic N) is 4. The predicted octanol–water partition coefficient (Wildman–Crippen LogP) is 5.50. The van der Waals surface area contributed by atoms with Crippen molar-refractivity contribution < 1.29 is 14.3 Å². The quantitative estimate of drug-likeness (QED) is 0.419. The maximum atomic E-state index is 13.5. The molecule has 0 bridgehead atoms. The van der Waals surface area contributed by atoms with E-state index in [0.717, 1.165) is 4.47 Å². The number of amides is 1. The van der Waals surface area contributed by atoms with Gasteiger partial charge in [0.05, 0.1) is 11.9 Å². The highest BCUT2D eigenvalue weighted by atomic mass is 79.9. The second-order valence-corrected chi connectivity index (χ2v) is 10.4. The minimum Gasteiger partial charge on any atom is -0.449 e. The molecule has 1 saturated heterocycles. The molecule has 1 amide bonds. The highest BCUT2D eigenvalue weighted by Gasteiger charge is 2.28. The number of aromatic nitrogens is 2. The Morgan fingerprint density at radius 2 is 1.63 bits per heavy atom. The maximum Gasteiger partial charge on any atom is 0.410 e. The van der Waals surface area contributed by atoms with Crippen LogP contribution in [0.5, 0.6) is 11.5 Å². The van der Waals surface area contributed by atoms with E-state index in [2.05, 4.69) is 21.0 Å². The van der Waals surface area contributed by atoms with Gasteiger partial charge in [-0.15, -0.1) is 0 Å². The fourth-order valence-corrected chi connectivity index (χ4v) is 3.98. The van der Waals surface area contributed by atoms with Gasteiger partial charge in [-0.1, -0.05) is 27.5 Å². The topological polar surface area (TPSA) is 76.9 Å². The van der Waals surface area contributed by atoms with Gasteiger partial charge in [0.1, 0.15) is 17.0 Å². The Labute approximate surface area is 217 Å². The SMILES string of the molecule is CC(C)(C)OC(=O)N1CCN(c2cnn(-c3ccc(Cl)cc3)c(=O)c2Oc2ccc(Br)cc2)CC1. The third-order valence-electron chi connectivity index (χ3n) is 5.29. The number of ether oxygens (including phenoxy) is 2. The van der Waals surface area contributed by atoms with Crippen LogP contribution in [0, 0.1) is 0 Å². The van der Waals surface area contributed by atoms with Crippen LogP contribution < -0.4 is 15.2 Å². The van der Waals surface area contributed by atoms with E-state index in [9.17, 15) is 9.59 Å². The van der Waals surface area contributed by atoms with E-state index in [-0.39, 0.29) is 11.8 Å². The van der Waals surface area contributed by atoms with Gasteiger partial charge in [0.15, 0.2) is 0 Å². The molecule has 0 unspecified atom stereocenters. The molecular weight excluding hydrogens is 536 g/mol. The average Bonchev–Trinajstić information content (AvgIpc) is 2.81. The number of rotatable bonds is 4. The Kier molecular flexibility index (Phi) is 7.37. The number of carbonyl (C=O) groups is 1. The Bertz CT molecular complexity index is 1250. The van der Waals surface area contributed by atoms with Crippen LogP contribution in [0.2, 0.25) is 5.02 Å². The zero-order valence-electron chi connectivity index (χ0n) is 19.7. The van der Waals surface area contributed by atoms with Gasteiger partial charge in [0.25, 0.3) is 0 Å². The van der Waals surface area contributed by atoms with Crippen LogP contribution in [0.4, 0.5) is 10.5 Å². The third kappa shape index (κ3) is 6.15. The molecule has 1 fully saturated rings. The van der Waals surface area contributed by atoms with Crippen LogP contribution in [0.15, 0.2) is 64.0 Å². The van der Waals surface area contributed by atoms with Crippen molar-refractivity contribution in [2.24, 2.45) is 0 Å². The summed E-state index contributed by atoms with van der Waals surface area (Å²) in [4.78, 5) is 29.7. The highest BCUT2D eigenvalue weighted by molar-refractivity contribution is 9.10. The zero-order valence-corrected chi connectivity index (χ0v) is 22.0. The molecule has 0 atom stereocenters. The lowest BCUT2D eigenvalue weighted by atomic mass is 10.2. The van der Waals surface area contributed by atoms with Crippen LogP contribution in [0.3, 0.4) is 0 Å². The fourth-order valence-electron chi connectivity index (χ4n) is 3.59. The normalized spacial score (nSPS) is 14.1. The third-order valence-corrected chi connectivity index (χ3v) is 6.07. The monoisotopic (exact) mass is 560 g/mol. The molecular formula is C25H26BrClN4O4. The lowest BCUT2D eigenvalue weighted by molar-refractivity contribution is 0.0240. The van der Waals surface area contributed by atoms with Crippen molar-refractivity contribution in [1.29, 1.82) is 0 Å². The number of carbonyl (C=O) groups excluding carboxylic acids is 1. The summed E-state index contributed by atoms with van der Waals surface area (Å²) in [6.45, 7) is 7.43. The van der Waals surface area contributed by atoms with Crippen molar-refractivity contribution in [1.82, 2.24) is 14.7 Å². The Hall–Kier alpha value is -3.04. The minimum atomic E-state index is -0.560. The first kappa shape index (κ1) is 25.1. The molecule has 0 radical (unpaired) electrons. The lowest BCUT2D eigenvalue weighted by Gasteiger charge is -2.37. The molecule has 0 spiro atoms. The molecule has 0 aliphatic carbocycles. The molecule has 1 aromatic heterocycles. The van der Waals surface area contributed by atoms with E-state index in [1.54, 1.807) is 47.5 Å². The van der Waals surface area contributed by atoms with Gasteiger partial charge >= 0.3 is 11.7 Å². The molecule has 2 aromatic carbocycles. The summed E-state index contributed by atoms with van der Waals surface area (Å²) >= 11 is 9.42. The summed E-state index contributed by atoms with van der Waals surface area (Å²) in [5.41, 5.74) is 0.173. The van der Waals surface area contributed by atoms with Crippen LogP contribution in [0.1, 0.15) is 20.8 Å². The first-order valence-electron chi connectivity index (χ1n) is 11.2. The van der Waals surface area contributed by atoms with Crippen molar-refractivity contribution >= 4 is 39.3 Å². The van der Waals surface area contributed by atoms with Gasteiger partial charge in [0, 0.05) is 35.7 Å². The second-order valence-electron chi connectivity index (χ2n) is 9.06. The number of hydrogen-bond acceptors (Lipinski definition) is 6. The molecule has 0 N–H and O–H groups in total. The van der Waals surface area contributed by atoms with Crippen molar-refractivity contribution in [3.8, 4) is 17.2 Å². The number of piperazine rings is 1. The van der Waals surface area contributed by atoms with E-state index in [4.69, 9.17) is 21.1 Å². The molecule has 8 nitrogen and oxygen atoms in total. The zero-order chi connectivity index (χ0) is 25.2. The predicted molar refractivity (Wildman–Crippen MR) is 139 cm³/mol. The van der Waals surface area contributed by atoms with Crippen molar-refractivity contribution in [3.63, 3.8) is 0 Å².